The van der Waals surface area contributed by atoms with Crippen LogP contribution >= 0.6 is 11.6 Å². The van der Waals surface area contributed by atoms with Gasteiger partial charge in [0.2, 0.25) is 0 Å². The number of nitrogens with zero attached hydrogens (tertiary/aromatic N) is 1. The van der Waals surface area contributed by atoms with Crippen LogP contribution in [0.15, 0.2) is 18.2 Å². The molecule has 0 fully saturated rings. The Morgan fingerprint density at radius 3 is 2.84 bits per heavy atom. The predicted octanol–water partition coefficient (Wildman–Crippen LogP) is 1.23. The third-order valence-corrected chi connectivity index (χ3v) is 2.31. The van der Waals surface area contributed by atoms with Gasteiger partial charge in [-0.15, -0.1) is 0 Å². The zero-order valence-corrected chi connectivity index (χ0v) is 10.6. The highest BCUT2D eigenvalue weighted by Crippen LogP contribution is 2.22. The molecule has 0 aliphatic rings. The lowest BCUT2D eigenvalue weighted by molar-refractivity contribution is -0.124. The van der Waals surface area contributed by atoms with E-state index in [9.17, 15) is 14.7 Å². The van der Waals surface area contributed by atoms with Gasteiger partial charge in [-0.1, -0.05) is 11.6 Å². The highest BCUT2D eigenvalue weighted by molar-refractivity contribution is 6.30. The molecule has 0 saturated carbocycles. The Bertz CT molecular complexity index is 525. The fourth-order valence-corrected chi connectivity index (χ4v) is 1.36. The molecule has 0 unspecified atom stereocenters. The number of amides is 1. The number of ether oxygens (including phenoxy) is 1. The minimum absolute atomic E-state index is 0.0748. The number of aromatic hydroxyl groups is 1. The van der Waals surface area contributed by atoms with Crippen LogP contribution in [0, 0.1) is 11.3 Å². The molecule has 1 aromatic carbocycles. The number of phenols is 1. The van der Waals surface area contributed by atoms with Gasteiger partial charge in [-0.3, -0.25) is 4.79 Å². The van der Waals surface area contributed by atoms with E-state index in [1.54, 1.807) is 0 Å². The van der Waals surface area contributed by atoms with Crippen molar-refractivity contribution < 1.29 is 19.4 Å². The number of esters is 1. The highest BCUT2D eigenvalue weighted by atomic mass is 35.5. The molecule has 0 aliphatic heterocycles. The Balaban J connectivity index is 2.47. The number of rotatable bonds is 5. The molecule has 0 bridgehead atoms. The number of phenolic OH excluding ortho intramolecular Hbond substituents is 1. The lowest BCUT2D eigenvalue weighted by Gasteiger charge is -2.06. The molecule has 1 aromatic rings. The molecule has 100 valence electrons. The standard InChI is InChI=1S/C12H11ClN2O4/c13-8-2-3-9(10(16)6-8)12(18)19-7-11(17)15-5-1-4-14/h2-3,6,16H,1,5,7H2,(H,15,17). The molecule has 0 heterocycles. The highest BCUT2D eigenvalue weighted by Gasteiger charge is 2.14. The summed E-state index contributed by atoms with van der Waals surface area (Å²) in [6, 6.07) is 5.78. The van der Waals surface area contributed by atoms with Gasteiger partial charge in [0, 0.05) is 11.6 Å². The normalized spacial score (nSPS) is 9.47. The molecular weight excluding hydrogens is 272 g/mol. The van der Waals surface area contributed by atoms with Gasteiger partial charge in [0.15, 0.2) is 6.61 Å². The lowest BCUT2D eigenvalue weighted by Crippen LogP contribution is -2.29. The molecule has 7 heteroatoms. The van der Waals surface area contributed by atoms with Crippen molar-refractivity contribution in [2.45, 2.75) is 6.42 Å². The minimum atomic E-state index is -0.829. The first kappa shape index (κ1) is 14.8. The third kappa shape index (κ3) is 4.85. The first-order valence-electron chi connectivity index (χ1n) is 5.34. The number of carbonyl (C=O) groups is 2. The molecule has 0 radical (unpaired) electrons. The molecule has 1 amide bonds. The van der Waals surface area contributed by atoms with Crippen molar-refractivity contribution in [2.24, 2.45) is 0 Å². The predicted molar refractivity (Wildman–Crippen MR) is 66.6 cm³/mol. The van der Waals surface area contributed by atoms with E-state index in [1.807, 2.05) is 6.07 Å². The fraction of sp³-hybridized carbons (Fsp3) is 0.250. The van der Waals surface area contributed by atoms with Crippen LogP contribution < -0.4 is 5.32 Å². The first-order chi connectivity index (χ1) is 9.04. The number of nitrogens with one attached hydrogen (secondary N) is 1. The molecule has 0 saturated heterocycles. The maximum atomic E-state index is 11.6. The van der Waals surface area contributed by atoms with E-state index in [4.69, 9.17) is 21.6 Å². The number of carbonyl (C=O) groups excluding carboxylic acids is 2. The smallest absolute Gasteiger partial charge is 0.342 e. The van der Waals surface area contributed by atoms with E-state index in [0.29, 0.717) is 0 Å². The van der Waals surface area contributed by atoms with Crippen molar-refractivity contribution in [3.63, 3.8) is 0 Å². The molecule has 2 N–H and O–H groups in total. The van der Waals surface area contributed by atoms with E-state index < -0.39 is 18.5 Å². The monoisotopic (exact) mass is 282 g/mol. The van der Waals surface area contributed by atoms with E-state index in [2.05, 4.69) is 5.32 Å². The largest absolute Gasteiger partial charge is 0.507 e. The number of hydrogen-bond acceptors (Lipinski definition) is 5. The van der Waals surface area contributed by atoms with Crippen molar-refractivity contribution in [3.05, 3.63) is 28.8 Å². The van der Waals surface area contributed by atoms with Crippen LogP contribution in [0.4, 0.5) is 0 Å². The molecule has 6 nitrogen and oxygen atoms in total. The van der Waals surface area contributed by atoms with Gasteiger partial charge in [0.25, 0.3) is 5.91 Å². The molecule has 0 spiro atoms. The van der Waals surface area contributed by atoms with Gasteiger partial charge < -0.3 is 15.2 Å². The maximum absolute atomic E-state index is 11.6. The number of hydrogen-bond donors (Lipinski definition) is 2. The van der Waals surface area contributed by atoms with E-state index in [1.165, 1.54) is 18.2 Å². The Labute approximate surface area is 114 Å². The van der Waals surface area contributed by atoms with Crippen LogP contribution in [0.5, 0.6) is 5.75 Å². The second kappa shape index (κ2) is 7.24. The Kier molecular flexibility index (Phi) is 5.64. The van der Waals surface area contributed by atoms with Crippen LogP contribution in [0.2, 0.25) is 5.02 Å². The summed E-state index contributed by atoms with van der Waals surface area (Å²) in [5.74, 6) is -1.66. The van der Waals surface area contributed by atoms with Crippen molar-refractivity contribution in [1.82, 2.24) is 5.32 Å². The van der Waals surface area contributed by atoms with Gasteiger partial charge in [-0.2, -0.15) is 5.26 Å². The summed E-state index contributed by atoms with van der Waals surface area (Å²) in [4.78, 5) is 22.8. The third-order valence-electron chi connectivity index (χ3n) is 2.07. The van der Waals surface area contributed by atoms with Crippen molar-refractivity contribution >= 4 is 23.5 Å². The molecular formula is C12H11ClN2O4. The lowest BCUT2D eigenvalue weighted by atomic mass is 10.2. The summed E-state index contributed by atoms with van der Waals surface area (Å²) < 4.78 is 4.70. The molecule has 19 heavy (non-hydrogen) atoms. The van der Waals surface area contributed by atoms with Crippen LogP contribution in [0.25, 0.3) is 0 Å². The van der Waals surface area contributed by atoms with Crippen molar-refractivity contribution in [3.8, 4) is 11.8 Å². The summed E-state index contributed by atoms with van der Waals surface area (Å²) >= 11 is 5.62. The van der Waals surface area contributed by atoms with Crippen LogP contribution in [-0.2, 0) is 9.53 Å². The second-order valence-electron chi connectivity index (χ2n) is 3.50. The maximum Gasteiger partial charge on any atom is 0.342 e. The molecule has 0 aliphatic carbocycles. The Morgan fingerprint density at radius 1 is 1.47 bits per heavy atom. The summed E-state index contributed by atoms with van der Waals surface area (Å²) in [7, 11) is 0. The number of benzene rings is 1. The number of halogens is 1. The van der Waals surface area contributed by atoms with E-state index in [-0.39, 0.29) is 29.3 Å². The van der Waals surface area contributed by atoms with Gasteiger partial charge in [0.05, 0.1) is 12.5 Å². The quantitative estimate of drug-likeness (QED) is 0.625. The Hall–Kier alpha value is -2.26. The topological polar surface area (TPSA) is 99.4 Å². The van der Waals surface area contributed by atoms with E-state index >= 15 is 0 Å². The summed E-state index contributed by atoms with van der Waals surface area (Å²) in [6.45, 7) is -0.286. The van der Waals surface area contributed by atoms with Crippen molar-refractivity contribution in [2.75, 3.05) is 13.2 Å². The molecule has 1 rings (SSSR count). The molecule has 0 aromatic heterocycles. The van der Waals surface area contributed by atoms with E-state index in [0.717, 1.165) is 0 Å². The van der Waals surface area contributed by atoms with Crippen LogP contribution in [-0.4, -0.2) is 30.1 Å². The summed E-state index contributed by atoms with van der Waals surface area (Å²) in [5.41, 5.74) is -0.0748. The average Bonchev–Trinajstić information content (AvgIpc) is 2.36. The van der Waals surface area contributed by atoms with Gasteiger partial charge in [0.1, 0.15) is 11.3 Å². The zero-order valence-electron chi connectivity index (χ0n) is 9.85. The minimum Gasteiger partial charge on any atom is -0.507 e. The number of nitriles is 1. The average molecular weight is 283 g/mol. The summed E-state index contributed by atoms with van der Waals surface area (Å²) in [5, 5.41) is 20.4. The molecule has 0 atom stereocenters. The van der Waals surface area contributed by atoms with Crippen LogP contribution in [0.1, 0.15) is 16.8 Å². The van der Waals surface area contributed by atoms with Gasteiger partial charge in [-0.05, 0) is 18.2 Å². The fourth-order valence-electron chi connectivity index (χ4n) is 1.20. The van der Waals surface area contributed by atoms with Gasteiger partial charge in [-0.25, -0.2) is 4.79 Å². The Morgan fingerprint density at radius 2 is 2.21 bits per heavy atom. The van der Waals surface area contributed by atoms with Crippen LogP contribution in [0.3, 0.4) is 0 Å². The van der Waals surface area contributed by atoms with Gasteiger partial charge >= 0.3 is 5.97 Å². The zero-order chi connectivity index (χ0) is 14.3. The first-order valence-corrected chi connectivity index (χ1v) is 5.71. The SMILES string of the molecule is N#CCCNC(=O)COC(=O)c1ccc(Cl)cc1O. The van der Waals surface area contributed by atoms with Crippen molar-refractivity contribution in [1.29, 1.82) is 5.26 Å². The summed E-state index contributed by atoms with van der Waals surface area (Å²) in [6.07, 6.45) is 0.178. The second-order valence-corrected chi connectivity index (χ2v) is 3.93.